The highest BCUT2D eigenvalue weighted by atomic mass is 16.4. The second-order valence-electron chi connectivity index (χ2n) is 1.65. The molecule has 0 radical (unpaired) electrons. The minimum atomic E-state index is -1.70. The molecule has 0 heterocycles. The Balaban J connectivity index is 4.03. The molecule has 11 heavy (non-hydrogen) atoms. The Labute approximate surface area is 62.1 Å². The lowest BCUT2D eigenvalue weighted by Crippen LogP contribution is -2.43. The summed E-state index contributed by atoms with van der Waals surface area (Å²) in [6.45, 7) is -0.302. The molecule has 0 amide bonds. The molecule has 0 aliphatic carbocycles. The lowest BCUT2D eigenvalue weighted by Gasteiger charge is -2.04. The first-order chi connectivity index (χ1) is 5.09. The summed E-state index contributed by atoms with van der Waals surface area (Å²) in [6, 6.07) is -0.129. The molecule has 3 N–H and O–H groups in total. The minimum absolute atomic E-state index is 0.302. The first-order valence-electron chi connectivity index (χ1n) is 2.65. The zero-order valence-electron chi connectivity index (χ0n) is 5.44. The van der Waals surface area contributed by atoms with Crippen LogP contribution in [0.4, 0.5) is 0 Å². The monoisotopic (exact) mass is 158 g/mol. The maximum absolute atomic E-state index is 10.1. The number of hydrogen-bond donors (Lipinski definition) is 3. The summed E-state index contributed by atoms with van der Waals surface area (Å²) in [4.78, 5) is 20.2. The topological polar surface area (TPSA) is 110 Å². The van der Waals surface area contributed by atoms with Crippen LogP contribution in [0.15, 0.2) is 0 Å². The van der Waals surface area contributed by atoms with Gasteiger partial charge in [-0.3, -0.25) is 5.32 Å². The summed E-state index contributed by atoms with van der Waals surface area (Å²) < 4.78 is 0. The standard InChI is InChI=1S/C5H6N2O4/c6-1-2-7-3(4(8)9)5(10)11/h3,7H,2H2,(H,8,9)(H,10,11). The summed E-state index contributed by atoms with van der Waals surface area (Å²) in [7, 11) is 0. The van der Waals surface area contributed by atoms with Gasteiger partial charge >= 0.3 is 11.9 Å². The molecule has 0 saturated carbocycles. The molecule has 6 nitrogen and oxygen atoms in total. The van der Waals surface area contributed by atoms with E-state index in [9.17, 15) is 9.59 Å². The summed E-state index contributed by atoms with van der Waals surface area (Å²) in [5.74, 6) is -3.01. The summed E-state index contributed by atoms with van der Waals surface area (Å²) in [6.07, 6.45) is 0. The smallest absolute Gasteiger partial charge is 0.332 e. The van der Waals surface area contributed by atoms with Crippen LogP contribution in [0.2, 0.25) is 0 Å². The normalized spacial score (nSPS) is 9.09. The molecule has 6 heteroatoms. The number of nitriles is 1. The van der Waals surface area contributed by atoms with E-state index in [4.69, 9.17) is 15.5 Å². The Morgan fingerprint density at radius 3 is 2.18 bits per heavy atom. The van der Waals surface area contributed by atoms with Crippen molar-refractivity contribution in [2.24, 2.45) is 0 Å². The Morgan fingerprint density at radius 1 is 1.45 bits per heavy atom. The summed E-state index contributed by atoms with van der Waals surface area (Å²) in [5, 5.41) is 26.4. The maximum Gasteiger partial charge on any atom is 0.332 e. The molecule has 0 fully saturated rings. The molecule has 60 valence electrons. The van der Waals surface area contributed by atoms with Gasteiger partial charge < -0.3 is 10.2 Å². The van der Waals surface area contributed by atoms with Gasteiger partial charge in [0.1, 0.15) is 0 Å². The summed E-state index contributed by atoms with van der Waals surface area (Å²) >= 11 is 0. The highest BCUT2D eigenvalue weighted by molar-refractivity contribution is 5.97. The van der Waals surface area contributed by atoms with Crippen molar-refractivity contribution in [1.82, 2.24) is 5.32 Å². The Bertz CT molecular complexity index is 193. The van der Waals surface area contributed by atoms with Gasteiger partial charge in [0.2, 0.25) is 6.04 Å². The third-order valence-corrected chi connectivity index (χ3v) is 0.879. The van der Waals surface area contributed by atoms with Gasteiger partial charge in [0.05, 0.1) is 12.6 Å². The van der Waals surface area contributed by atoms with E-state index in [0.29, 0.717) is 0 Å². The quantitative estimate of drug-likeness (QED) is 0.344. The predicted molar refractivity (Wildman–Crippen MR) is 32.7 cm³/mol. The Hall–Kier alpha value is -1.61. The number of carbonyl (C=O) groups is 2. The van der Waals surface area contributed by atoms with Crippen molar-refractivity contribution < 1.29 is 19.8 Å². The molecule has 0 bridgehead atoms. The molecule has 0 aromatic carbocycles. The third kappa shape index (κ3) is 3.17. The molecule has 0 unspecified atom stereocenters. The highest BCUT2D eigenvalue weighted by Gasteiger charge is 2.24. The molecule has 0 rings (SSSR count). The van der Waals surface area contributed by atoms with Gasteiger partial charge in [-0.2, -0.15) is 5.26 Å². The molecule has 0 aromatic rings. The van der Waals surface area contributed by atoms with Gasteiger partial charge in [0, 0.05) is 0 Å². The number of carboxylic acids is 2. The van der Waals surface area contributed by atoms with Crippen LogP contribution in [0, 0.1) is 11.3 Å². The van der Waals surface area contributed by atoms with E-state index in [-0.39, 0.29) is 6.54 Å². The van der Waals surface area contributed by atoms with Crippen LogP contribution in [0.3, 0.4) is 0 Å². The summed E-state index contributed by atoms with van der Waals surface area (Å²) in [5.41, 5.74) is 0. The molecular formula is C5H6N2O4. The number of hydrogen-bond acceptors (Lipinski definition) is 4. The number of rotatable bonds is 4. The van der Waals surface area contributed by atoms with Crippen LogP contribution in [0.1, 0.15) is 0 Å². The van der Waals surface area contributed by atoms with Gasteiger partial charge in [-0.1, -0.05) is 0 Å². The lowest BCUT2D eigenvalue weighted by atomic mass is 10.3. The van der Waals surface area contributed by atoms with Gasteiger partial charge in [-0.05, 0) is 0 Å². The molecule has 0 aliphatic heterocycles. The van der Waals surface area contributed by atoms with E-state index in [1.165, 1.54) is 0 Å². The molecular weight excluding hydrogens is 152 g/mol. The van der Waals surface area contributed by atoms with E-state index in [1.807, 2.05) is 5.32 Å². The highest BCUT2D eigenvalue weighted by Crippen LogP contribution is 1.82. The molecule has 0 spiro atoms. The molecule has 0 aliphatic rings. The average Bonchev–Trinajstić information content (AvgIpc) is 1.87. The molecule has 0 atom stereocenters. The Morgan fingerprint density at radius 2 is 1.91 bits per heavy atom. The predicted octanol–water partition coefficient (Wildman–Crippen LogP) is -1.36. The number of carboxylic acid groups (broad SMARTS) is 2. The van der Waals surface area contributed by atoms with E-state index in [0.717, 1.165) is 0 Å². The largest absolute Gasteiger partial charge is 0.480 e. The second-order valence-corrected chi connectivity index (χ2v) is 1.65. The number of aliphatic carboxylic acids is 2. The fourth-order valence-corrected chi connectivity index (χ4v) is 0.428. The van der Waals surface area contributed by atoms with Crippen LogP contribution in [-0.2, 0) is 9.59 Å². The zero-order chi connectivity index (χ0) is 8.85. The van der Waals surface area contributed by atoms with Crippen molar-refractivity contribution in [3.63, 3.8) is 0 Å². The zero-order valence-corrected chi connectivity index (χ0v) is 5.44. The van der Waals surface area contributed by atoms with Crippen molar-refractivity contribution >= 4 is 11.9 Å². The molecule has 0 saturated heterocycles. The lowest BCUT2D eigenvalue weighted by molar-refractivity contribution is -0.150. The van der Waals surface area contributed by atoms with Crippen molar-refractivity contribution in [2.45, 2.75) is 6.04 Å². The van der Waals surface area contributed by atoms with E-state index >= 15 is 0 Å². The van der Waals surface area contributed by atoms with Crippen molar-refractivity contribution in [1.29, 1.82) is 5.26 Å². The van der Waals surface area contributed by atoms with Crippen LogP contribution in [-0.4, -0.2) is 34.7 Å². The van der Waals surface area contributed by atoms with Crippen molar-refractivity contribution in [3.8, 4) is 6.07 Å². The van der Waals surface area contributed by atoms with Crippen LogP contribution in [0.25, 0.3) is 0 Å². The second kappa shape index (κ2) is 4.24. The first kappa shape index (κ1) is 9.39. The minimum Gasteiger partial charge on any atom is -0.480 e. The van der Waals surface area contributed by atoms with E-state index in [1.54, 1.807) is 6.07 Å². The average molecular weight is 158 g/mol. The maximum atomic E-state index is 10.1. The fourth-order valence-electron chi connectivity index (χ4n) is 0.428. The Kier molecular flexibility index (Phi) is 3.62. The van der Waals surface area contributed by atoms with Gasteiger partial charge in [-0.25, -0.2) is 9.59 Å². The van der Waals surface area contributed by atoms with Gasteiger partial charge in [0.25, 0.3) is 0 Å². The van der Waals surface area contributed by atoms with Gasteiger partial charge in [-0.15, -0.1) is 0 Å². The fraction of sp³-hybridized carbons (Fsp3) is 0.400. The van der Waals surface area contributed by atoms with Crippen molar-refractivity contribution in [3.05, 3.63) is 0 Å². The van der Waals surface area contributed by atoms with E-state index < -0.39 is 18.0 Å². The van der Waals surface area contributed by atoms with Crippen LogP contribution < -0.4 is 5.32 Å². The van der Waals surface area contributed by atoms with E-state index in [2.05, 4.69) is 0 Å². The molecule has 0 aromatic heterocycles. The van der Waals surface area contributed by atoms with Crippen LogP contribution >= 0.6 is 0 Å². The van der Waals surface area contributed by atoms with Gasteiger partial charge in [0.15, 0.2) is 0 Å². The van der Waals surface area contributed by atoms with Crippen LogP contribution in [0.5, 0.6) is 0 Å². The van der Waals surface area contributed by atoms with Crippen molar-refractivity contribution in [2.75, 3.05) is 6.54 Å². The SMILES string of the molecule is N#CCNC(C(=O)O)C(=O)O. The number of nitrogens with one attached hydrogen (secondary N) is 1. The third-order valence-electron chi connectivity index (χ3n) is 0.879. The number of nitrogens with zero attached hydrogens (tertiary/aromatic N) is 1. The first-order valence-corrected chi connectivity index (χ1v) is 2.65.